The van der Waals surface area contributed by atoms with Crippen molar-refractivity contribution in [2.24, 2.45) is 23.7 Å². The standard InChI is InChI=1S/C18H24BrN/c1-11(13-5-2-3-8-17(13)19)20-18-10-12-9-16(18)15-7-4-6-14(12)15/h2-3,5,8,11-12,14-16,18,20H,4,6-7,9-10H2,1H3/t11-,12?,14?,15?,16?,18?/m1/s1. The molecule has 108 valence electrons. The second kappa shape index (κ2) is 5.14. The van der Waals surface area contributed by atoms with Crippen LogP contribution in [0.4, 0.5) is 0 Å². The lowest BCUT2D eigenvalue weighted by molar-refractivity contribution is 0.200. The quantitative estimate of drug-likeness (QED) is 0.827. The molecule has 5 unspecified atom stereocenters. The molecule has 1 aromatic rings. The third-order valence-corrected chi connectivity index (χ3v) is 6.99. The Balaban J connectivity index is 1.47. The Bertz CT molecular complexity index is 500. The molecule has 3 fully saturated rings. The molecular weight excluding hydrogens is 310 g/mol. The zero-order chi connectivity index (χ0) is 13.7. The van der Waals surface area contributed by atoms with Crippen LogP contribution in [0.5, 0.6) is 0 Å². The summed E-state index contributed by atoms with van der Waals surface area (Å²) in [4.78, 5) is 0. The van der Waals surface area contributed by atoms with E-state index in [0.717, 1.165) is 29.7 Å². The number of hydrogen-bond acceptors (Lipinski definition) is 1. The summed E-state index contributed by atoms with van der Waals surface area (Å²) in [5.41, 5.74) is 1.40. The molecule has 0 heterocycles. The van der Waals surface area contributed by atoms with Crippen LogP contribution in [0.1, 0.15) is 50.6 Å². The van der Waals surface area contributed by atoms with Gasteiger partial charge in [-0.25, -0.2) is 0 Å². The van der Waals surface area contributed by atoms with E-state index < -0.39 is 0 Å². The summed E-state index contributed by atoms with van der Waals surface area (Å²) in [5, 5.41) is 3.95. The summed E-state index contributed by atoms with van der Waals surface area (Å²) in [6.07, 6.45) is 7.47. The average molecular weight is 334 g/mol. The number of rotatable bonds is 3. The zero-order valence-corrected chi connectivity index (χ0v) is 13.8. The van der Waals surface area contributed by atoms with Crippen molar-refractivity contribution in [3.05, 3.63) is 34.3 Å². The molecule has 1 nitrogen and oxygen atoms in total. The van der Waals surface area contributed by atoms with Gasteiger partial charge in [0.25, 0.3) is 0 Å². The van der Waals surface area contributed by atoms with Gasteiger partial charge in [-0.05, 0) is 67.9 Å². The van der Waals surface area contributed by atoms with Crippen LogP contribution in [0.25, 0.3) is 0 Å². The second-order valence-electron chi connectivity index (χ2n) is 7.17. The Morgan fingerprint density at radius 3 is 2.75 bits per heavy atom. The van der Waals surface area contributed by atoms with E-state index in [-0.39, 0.29) is 0 Å². The van der Waals surface area contributed by atoms with Gasteiger partial charge in [-0.1, -0.05) is 40.5 Å². The van der Waals surface area contributed by atoms with Crippen LogP contribution in [-0.2, 0) is 0 Å². The zero-order valence-electron chi connectivity index (χ0n) is 12.2. The smallest absolute Gasteiger partial charge is 0.0305 e. The van der Waals surface area contributed by atoms with Gasteiger partial charge in [0.05, 0.1) is 0 Å². The maximum Gasteiger partial charge on any atom is 0.0305 e. The summed E-state index contributed by atoms with van der Waals surface area (Å²) in [7, 11) is 0. The third kappa shape index (κ3) is 2.07. The Labute approximate surface area is 130 Å². The summed E-state index contributed by atoms with van der Waals surface area (Å²) in [6, 6.07) is 9.86. The van der Waals surface area contributed by atoms with Crippen LogP contribution in [0, 0.1) is 23.7 Å². The highest BCUT2D eigenvalue weighted by molar-refractivity contribution is 9.10. The molecule has 3 aliphatic rings. The molecular formula is C18H24BrN. The lowest BCUT2D eigenvalue weighted by Gasteiger charge is -2.34. The molecule has 2 heteroatoms. The van der Waals surface area contributed by atoms with Crippen LogP contribution >= 0.6 is 15.9 Å². The van der Waals surface area contributed by atoms with Crippen LogP contribution in [0.3, 0.4) is 0 Å². The van der Waals surface area contributed by atoms with Crippen LogP contribution < -0.4 is 5.32 Å². The second-order valence-corrected chi connectivity index (χ2v) is 8.02. The molecule has 0 spiro atoms. The van der Waals surface area contributed by atoms with E-state index in [1.807, 2.05) is 0 Å². The van der Waals surface area contributed by atoms with Crippen molar-refractivity contribution < 1.29 is 0 Å². The summed E-state index contributed by atoms with van der Waals surface area (Å²) >= 11 is 3.69. The van der Waals surface area contributed by atoms with Gasteiger partial charge in [0, 0.05) is 16.6 Å². The first kappa shape index (κ1) is 13.3. The van der Waals surface area contributed by atoms with E-state index in [1.54, 1.807) is 0 Å². The lowest BCUT2D eigenvalue weighted by atomic mass is 9.79. The van der Waals surface area contributed by atoms with Gasteiger partial charge in [0.1, 0.15) is 0 Å². The summed E-state index contributed by atoms with van der Waals surface area (Å²) < 4.78 is 1.24. The van der Waals surface area contributed by atoms with Crippen molar-refractivity contribution in [2.75, 3.05) is 0 Å². The molecule has 3 saturated carbocycles. The highest BCUT2D eigenvalue weighted by atomic mass is 79.9. The predicted molar refractivity (Wildman–Crippen MR) is 86.5 cm³/mol. The molecule has 4 rings (SSSR count). The average Bonchev–Trinajstić information content (AvgIpc) is 3.10. The molecule has 1 aromatic carbocycles. The highest BCUT2D eigenvalue weighted by Crippen LogP contribution is 2.58. The molecule has 2 bridgehead atoms. The van der Waals surface area contributed by atoms with E-state index >= 15 is 0 Å². The van der Waals surface area contributed by atoms with Gasteiger partial charge in [-0.15, -0.1) is 0 Å². The number of fused-ring (bicyclic) bond motifs is 5. The molecule has 0 radical (unpaired) electrons. The minimum atomic E-state index is 0.453. The van der Waals surface area contributed by atoms with Crippen molar-refractivity contribution in [2.45, 2.75) is 51.1 Å². The number of nitrogens with one attached hydrogen (secondary N) is 1. The summed E-state index contributed by atoms with van der Waals surface area (Å²) in [6.45, 7) is 2.32. The number of halogens is 1. The molecule has 0 aliphatic heterocycles. The maximum absolute atomic E-state index is 3.95. The number of hydrogen-bond donors (Lipinski definition) is 1. The predicted octanol–water partition coefficient (Wildman–Crippen LogP) is 4.92. The van der Waals surface area contributed by atoms with Gasteiger partial charge in [-0.3, -0.25) is 0 Å². The Morgan fingerprint density at radius 2 is 1.90 bits per heavy atom. The first-order valence-electron chi connectivity index (χ1n) is 8.24. The van der Waals surface area contributed by atoms with Crippen molar-refractivity contribution in [1.29, 1.82) is 0 Å². The SMILES string of the molecule is C[C@@H](NC1CC2CC1C1CCCC21)c1ccccc1Br. The topological polar surface area (TPSA) is 12.0 Å². The molecule has 20 heavy (non-hydrogen) atoms. The largest absolute Gasteiger partial charge is 0.307 e. The van der Waals surface area contributed by atoms with Gasteiger partial charge in [0.2, 0.25) is 0 Å². The van der Waals surface area contributed by atoms with Crippen LogP contribution in [0.15, 0.2) is 28.7 Å². The fraction of sp³-hybridized carbons (Fsp3) is 0.667. The molecule has 0 saturated heterocycles. The number of benzene rings is 1. The van der Waals surface area contributed by atoms with Gasteiger partial charge >= 0.3 is 0 Å². The van der Waals surface area contributed by atoms with Crippen LogP contribution in [0.2, 0.25) is 0 Å². The van der Waals surface area contributed by atoms with E-state index in [9.17, 15) is 0 Å². The van der Waals surface area contributed by atoms with E-state index in [1.165, 1.54) is 42.1 Å². The van der Waals surface area contributed by atoms with E-state index in [0.29, 0.717) is 6.04 Å². The van der Waals surface area contributed by atoms with E-state index in [4.69, 9.17) is 0 Å². The molecule has 1 N–H and O–H groups in total. The van der Waals surface area contributed by atoms with Crippen molar-refractivity contribution in [1.82, 2.24) is 5.32 Å². The molecule has 6 atom stereocenters. The van der Waals surface area contributed by atoms with Gasteiger partial charge in [0.15, 0.2) is 0 Å². The Kier molecular flexibility index (Phi) is 3.42. The lowest BCUT2D eigenvalue weighted by Crippen LogP contribution is -2.40. The Morgan fingerprint density at radius 1 is 1.10 bits per heavy atom. The van der Waals surface area contributed by atoms with Crippen molar-refractivity contribution >= 4 is 15.9 Å². The molecule has 0 amide bonds. The normalized spacial score (nSPS) is 40.0. The van der Waals surface area contributed by atoms with Crippen molar-refractivity contribution in [3.8, 4) is 0 Å². The minimum absolute atomic E-state index is 0.453. The first-order valence-corrected chi connectivity index (χ1v) is 9.04. The highest BCUT2D eigenvalue weighted by Gasteiger charge is 2.53. The summed E-state index contributed by atoms with van der Waals surface area (Å²) in [5.74, 6) is 4.16. The Hall–Kier alpha value is -0.340. The first-order chi connectivity index (χ1) is 9.74. The molecule has 0 aromatic heterocycles. The van der Waals surface area contributed by atoms with Crippen molar-refractivity contribution in [3.63, 3.8) is 0 Å². The third-order valence-electron chi connectivity index (χ3n) is 6.26. The molecule has 3 aliphatic carbocycles. The fourth-order valence-corrected chi connectivity index (χ4v) is 6.13. The fourth-order valence-electron chi connectivity index (χ4n) is 5.50. The van der Waals surface area contributed by atoms with E-state index in [2.05, 4.69) is 52.4 Å². The van der Waals surface area contributed by atoms with Crippen LogP contribution in [-0.4, -0.2) is 6.04 Å². The van der Waals surface area contributed by atoms with Gasteiger partial charge < -0.3 is 5.32 Å². The monoisotopic (exact) mass is 333 g/mol. The minimum Gasteiger partial charge on any atom is -0.307 e. The van der Waals surface area contributed by atoms with Gasteiger partial charge in [-0.2, -0.15) is 0 Å². The maximum atomic E-state index is 3.95.